The number of aromatic nitrogens is 1. The zero-order valence-electron chi connectivity index (χ0n) is 16.0. The van der Waals surface area contributed by atoms with Gasteiger partial charge in [-0.1, -0.05) is 6.42 Å². The number of hydrogen-bond donors (Lipinski definition) is 2. The van der Waals surface area contributed by atoms with Crippen LogP contribution in [0.4, 0.5) is 0 Å². The first kappa shape index (κ1) is 20.3. The van der Waals surface area contributed by atoms with Crippen molar-refractivity contribution in [2.24, 2.45) is 16.3 Å². The number of aryl methyl sites for hydroxylation is 2. The lowest BCUT2D eigenvalue weighted by atomic mass is 9.46. The number of aliphatic imine (C=N–C) groups is 1. The van der Waals surface area contributed by atoms with Crippen molar-refractivity contribution in [1.29, 1.82) is 0 Å². The lowest BCUT2D eigenvalue weighted by Gasteiger charge is -2.63. The van der Waals surface area contributed by atoms with Gasteiger partial charge in [0.25, 0.3) is 0 Å². The molecule has 1 aromatic heterocycles. The molecule has 2 saturated carbocycles. The Morgan fingerprint density at radius 2 is 2.19 bits per heavy atom. The second-order valence-electron chi connectivity index (χ2n) is 7.71. The molecule has 2 aliphatic carbocycles. The molecule has 26 heavy (non-hydrogen) atoms. The average molecular weight is 490 g/mol. The van der Waals surface area contributed by atoms with E-state index in [1.165, 1.54) is 35.6 Å². The quantitative estimate of drug-likeness (QED) is 0.377. The SMILES string of the molecule is CCNC(=NCCc1nc(C)c(C)s1)NC1C2CCOC2C12CCC2.I. The molecule has 0 radical (unpaired) electrons. The first-order valence-corrected chi connectivity index (χ1v) is 10.5. The number of thiazole rings is 1. The minimum absolute atomic E-state index is 0. The van der Waals surface area contributed by atoms with Gasteiger partial charge in [-0.15, -0.1) is 35.3 Å². The maximum absolute atomic E-state index is 6.03. The highest BCUT2D eigenvalue weighted by molar-refractivity contribution is 14.0. The number of guanidine groups is 1. The van der Waals surface area contributed by atoms with Crippen LogP contribution in [0.15, 0.2) is 4.99 Å². The fraction of sp³-hybridized carbons (Fsp3) is 0.789. The molecule has 1 saturated heterocycles. The first-order valence-electron chi connectivity index (χ1n) is 9.73. The smallest absolute Gasteiger partial charge is 0.191 e. The summed E-state index contributed by atoms with van der Waals surface area (Å²) in [5, 5.41) is 8.39. The van der Waals surface area contributed by atoms with Crippen LogP contribution in [-0.4, -0.2) is 42.8 Å². The van der Waals surface area contributed by atoms with Crippen LogP contribution in [0.1, 0.15) is 48.2 Å². The molecule has 5 nitrogen and oxygen atoms in total. The highest BCUT2D eigenvalue weighted by atomic mass is 127. The number of rotatable bonds is 5. The highest BCUT2D eigenvalue weighted by Gasteiger charge is 2.66. The predicted octanol–water partition coefficient (Wildman–Crippen LogP) is 3.43. The lowest BCUT2D eigenvalue weighted by molar-refractivity contribution is -0.171. The Bertz CT molecular complexity index is 638. The van der Waals surface area contributed by atoms with Crippen molar-refractivity contribution >= 4 is 41.3 Å². The van der Waals surface area contributed by atoms with Gasteiger partial charge >= 0.3 is 0 Å². The average Bonchev–Trinajstić information content (AvgIpc) is 3.08. The van der Waals surface area contributed by atoms with Crippen LogP contribution in [0.25, 0.3) is 0 Å². The fourth-order valence-corrected chi connectivity index (χ4v) is 5.76. The third kappa shape index (κ3) is 3.51. The van der Waals surface area contributed by atoms with Gasteiger partial charge in [0.05, 0.1) is 16.8 Å². The van der Waals surface area contributed by atoms with Gasteiger partial charge in [0.2, 0.25) is 0 Å². The second-order valence-corrected chi connectivity index (χ2v) is 9.00. The number of fused-ring (bicyclic) bond motifs is 2. The first-order chi connectivity index (χ1) is 12.1. The Kier molecular flexibility index (Phi) is 6.49. The van der Waals surface area contributed by atoms with Crippen molar-refractivity contribution in [3.63, 3.8) is 0 Å². The third-order valence-electron chi connectivity index (χ3n) is 6.34. The molecule has 3 unspecified atom stereocenters. The van der Waals surface area contributed by atoms with E-state index in [0.717, 1.165) is 37.8 Å². The number of nitrogens with zero attached hydrogens (tertiary/aromatic N) is 2. The Labute approximate surface area is 177 Å². The summed E-state index contributed by atoms with van der Waals surface area (Å²) < 4.78 is 6.03. The van der Waals surface area contributed by atoms with Crippen LogP contribution in [0.2, 0.25) is 0 Å². The van der Waals surface area contributed by atoms with Crippen molar-refractivity contribution in [2.45, 2.75) is 65.0 Å². The number of nitrogens with one attached hydrogen (secondary N) is 2. The Hall–Kier alpha value is -0.410. The molecule has 0 amide bonds. The van der Waals surface area contributed by atoms with Gasteiger partial charge in [-0.3, -0.25) is 4.99 Å². The summed E-state index contributed by atoms with van der Waals surface area (Å²) in [6, 6.07) is 0.538. The van der Waals surface area contributed by atoms with Gasteiger partial charge in [0, 0.05) is 48.4 Å². The van der Waals surface area contributed by atoms with E-state index in [0.29, 0.717) is 23.5 Å². The number of halogens is 1. The second kappa shape index (κ2) is 8.31. The van der Waals surface area contributed by atoms with Gasteiger partial charge in [-0.25, -0.2) is 4.98 Å². The highest BCUT2D eigenvalue weighted by Crippen LogP contribution is 2.62. The molecule has 1 spiro atoms. The fourth-order valence-electron chi connectivity index (χ4n) is 4.83. The van der Waals surface area contributed by atoms with Gasteiger partial charge in [-0.05, 0) is 40.0 Å². The zero-order chi connectivity index (χ0) is 17.4. The van der Waals surface area contributed by atoms with E-state index in [-0.39, 0.29) is 24.0 Å². The third-order valence-corrected chi connectivity index (χ3v) is 7.47. The van der Waals surface area contributed by atoms with Crippen LogP contribution in [0.5, 0.6) is 0 Å². The van der Waals surface area contributed by atoms with Gasteiger partial charge in [0.1, 0.15) is 0 Å². The zero-order valence-corrected chi connectivity index (χ0v) is 19.2. The minimum atomic E-state index is 0. The van der Waals surface area contributed by atoms with Crippen molar-refractivity contribution in [1.82, 2.24) is 15.6 Å². The summed E-state index contributed by atoms with van der Waals surface area (Å²) in [4.78, 5) is 10.8. The molecule has 7 heteroatoms. The molecule has 3 fully saturated rings. The van der Waals surface area contributed by atoms with Crippen LogP contribution >= 0.6 is 35.3 Å². The minimum Gasteiger partial charge on any atom is -0.377 e. The molecule has 4 rings (SSSR count). The van der Waals surface area contributed by atoms with E-state index in [1.807, 2.05) is 0 Å². The van der Waals surface area contributed by atoms with E-state index in [9.17, 15) is 0 Å². The van der Waals surface area contributed by atoms with Crippen LogP contribution in [0, 0.1) is 25.2 Å². The summed E-state index contributed by atoms with van der Waals surface area (Å²) in [6.07, 6.45) is 6.58. The van der Waals surface area contributed by atoms with E-state index < -0.39 is 0 Å². The van der Waals surface area contributed by atoms with Crippen molar-refractivity contribution in [2.75, 3.05) is 19.7 Å². The number of hydrogen-bond acceptors (Lipinski definition) is 4. The molecule has 2 N–H and O–H groups in total. The molecule has 3 atom stereocenters. The molecular formula is C19H31IN4OS. The van der Waals surface area contributed by atoms with Crippen LogP contribution in [-0.2, 0) is 11.2 Å². The van der Waals surface area contributed by atoms with E-state index in [1.54, 1.807) is 11.3 Å². The topological polar surface area (TPSA) is 58.5 Å². The van der Waals surface area contributed by atoms with Crippen molar-refractivity contribution in [3.8, 4) is 0 Å². The molecule has 1 aromatic rings. The van der Waals surface area contributed by atoms with Crippen molar-refractivity contribution < 1.29 is 4.74 Å². The Morgan fingerprint density at radius 1 is 1.38 bits per heavy atom. The molecule has 146 valence electrons. The van der Waals surface area contributed by atoms with Gasteiger partial charge in [-0.2, -0.15) is 0 Å². The lowest BCUT2D eigenvalue weighted by Crippen LogP contribution is -2.72. The van der Waals surface area contributed by atoms with Gasteiger partial charge < -0.3 is 15.4 Å². The molecule has 2 heterocycles. The Morgan fingerprint density at radius 3 is 2.81 bits per heavy atom. The molecule has 3 aliphatic rings. The number of ether oxygens (including phenoxy) is 1. The summed E-state index contributed by atoms with van der Waals surface area (Å²) >= 11 is 1.80. The molecular weight excluding hydrogens is 459 g/mol. The normalized spacial score (nSPS) is 28.7. The van der Waals surface area contributed by atoms with Crippen molar-refractivity contribution in [3.05, 3.63) is 15.6 Å². The molecule has 0 bridgehead atoms. The van der Waals surface area contributed by atoms with E-state index in [4.69, 9.17) is 9.73 Å². The molecule has 1 aliphatic heterocycles. The van der Waals surface area contributed by atoms with E-state index in [2.05, 4.69) is 36.4 Å². The molecule has 0 aromatic carbocycles. The van der Waals surface area contributed by atoms with E-state index >= 15 is 0 Å². The summed E-state index contributed by atoms with van der Waals surface area (Å²) in [6.45, 7) is 8.97. The predicted molar refractivity (Wildman–Crippen MR) is 118 cm³/mol. The summed E-state index contributed by atoms with van der Waals surface area (Å²) in [5.41, 5.74) is 1.55. The summed E-state index contributed by atoms with van der Waals surface area (Å²) in [5.74, 6) is 1.64. The maximum atomic E-state index is 6.03. The standard InChI is InChI=1S/C19H30N4OS.HI/c1-4-20-18(21-10-6-15-22-12(2)13(3)25-15)23-16-14-7-11-24-17(14)19(16)8-5-9-19;/h14,16-17H,4-11H2,1-3H3,(H2,20,21,23);1H. The largest absolute Gasteiger partial charge is 0.377 e. The Balaban J connectivity index is 0.00000196. The van der Waals surface area contributed by atoms with Crippen LogP contribution < -0.4 is 10.6 Å². The summed E-state index contributed by atoms with van der Waals surface area (Å²) in [7, 11) is 0. The van der Waals surface area contributed by atoms with Gasteiger partial charge in [0.15, 0.2) is 5.96 Å². The maximum Gasteiger partial charge on any atom is 0.191 e. The monoisotopic (exact) mass is 490 g/mol. The van der Waals surface area contributed by atoms with Crippen LogP contribution in [0.3, 0.4) is 0 Å².